The topological polar surface area (TPSA) is 49.4 Å². The molecule has 0 spiro atoms. The third kappa shape index (κ3) is 2.18. The van der Waals surface area contributed by atoms with Crippen molar-refractivity contribution in [3.05, 3.63) is 0 Å². The average Bonchev–Trinajstić information content (AvgIpc) is 3.08. The lowest BCUT2D eigenvalue weighted by Crippen LogP contribution is -2.70. The lowest BCUT2D eigenvalue weighted by atomic mass is 9.82. The van der Waals surface area contributed by atoms with Crippen molar-refractivity contribution in [3.63, 3.8) is 0 Å². The number of rotatable bonds is 4. The molecule has 21 heavy (non-hydrogen) atoms. The molecular weight excluding hydrogens is 264 g/mol. The normalized spacial score (nSPS) is 38.0. The van der Waals surface area contributed by atoms with Crippen LogP contribution >= 0.6 is 0 Å². The summed E-state index contributed by atoms with van der Waals surface area (Å²) in [5.41, 5.74) is -0.620. The van der Waals surface area contributed by atoms with Crippen LogP contribution in [-0.4, -0.2) is 34.8 Å². The zero-order chi connectivity index (χ0) is 15.2. The van der Waals surface area contributed by atoms with E-state index >= 15 is 0 Å². The Morgan fingerprint density at radius 2 is 1.90 bits per heavy atom. The second-order valence-corrected chi connectivity index (χ2v) is 7.32. The van der Waals surface area contributed by atoms with Gasteiger partial charge in [-0.3, -0.25) is 9.59 Å². The molecule has 2 saturated carbocycles. The van der Waals surface area contributed by atoms with Gasteiger partial charge in [-0.05, 0) is 56.8 Å². The molecule has 0 aromatic carbocycles. The van der Waals surface area contributed by atoms with Gasteiger partial charge < -0.3 is 10.2 Å². The van der Waals surface area contributed by atoms with Crippen molar-refractivity contribution in [2.45, 2.75) is 70.9 Å². The van der Waals surface area contributed by atoms with E-state index in [1.54, 1.807) is 0 Å². The van der Waals surface area contributed by atoms with Gasteiger partial charge in [0.2, 0.25) is 11.8 Å². The van der Waals surface area contributed by atoms with Crippen LogP contribution in [-0.2, 0) is 9.59 Å². The second kappa shape index (κ2) is 5.29. The molecule has 1 N–H and O–H groups in total. The van der Waals surface area contributed by atoms with Gasteiger partial charge in [0.05, 0.1) is 0 Å². The summed E-state index contributed by atoms with van der Waals surface area (Å²) in [6, 6.07) is -0.373. The van der Waals surface area contributed by atoms with E-state index in [1.807, 2.05) is 25.7 Å². The molecular formula is C17H28N2O2. The van der Waals surface area contributed by atoms with Gasteiger partial charge in [-0.15, -0.1) is 0 Å². The highest BCUT2D eigenvalue weighted by Crippen LogP contribution is 2.49. The number of hydrogen-bond acceptors (Lipinski definition) is 2. The maximum atomic E-state index is 12.7. The number of carbonyl (C=O) groups is 2. The zero-order valence-electron chi connectivity index (χ0n) is 13.5. The predicted molar refractivity (Wildman–Crippen MR) is 81.6 cm³/mol. The Hall–Kier alpha value is -1.06. The minimum Gasteiger partial charge on any atom is -0.343 e. The Morgan fingerprint density at radius 3 is 2.43 bits per heavy atom. The number of carbonyl (C=O) groups excluding carboxylic acids is 2. The van der Waals surface area contributed by atoms with Crippen LogP contribution in [0.2, 0.25) is 0 Å². The van der Waals surface area contributed by atoms with E-state index in [0.717, 1.165) is 18.4 Å². The molecule has 3 rings (SSSR count). The summed E-state index contributed by atoms with van der Waals surface area (Å²) in [6.07, 6.45) is 6.71. The molecule has 3 aliphatic rings. The van der Waals surface area contributed by atoms with Crippen LogP contribution in [0, 0.1) is 17.8 Å². The van der Waals surface area contributed by atoms with Crippen molar-refractivity contribution in [3.8, 4) is 0 Å². The molecule has 118 valence electrons. The van der Waals surface area contributed by atoms with E-state index in [4.69, 9.17) is 0 Å². The van der Waals surface area contributed by atoms with Gasteiger partial charge in [0.15, 0.2) is 0 Å². The second-order valence-electron chi connectivity index (χ2n) is 7.32. The first-order chi connectivity index (χ1) is 10.0. The molecule has 2 aliphatic carbocycles. The fourth-order valence-electron chi connectivity index (χ4n) is 5.01. The first kappa shape index (κ1) is 14.9. The lowest BCUT2D eigenvalue weighted by molar-refractivity contribution is -0.159. The summed E-state index contributed by atoms with van der Waals surface area (Å²) >= 11 is 0. The summed E-state index contributed by atoms with van der Waals surface area (Å²) in [7, 11) is 0. The number of nitrogens with zero attached hydrogens (tertiary/aromatic N) is 1. The zero-order valence-corrected chi connectivity index (χ0v) is 13.5. The molecule has 4 unspecified atom stereocenters. The summed E-state index contributed by atoms with van der Waals surface area (Å²) in [6.45, 7) is 6.66. The van der Waals surface area contributed by atoms with Gasteiger partial charge >= 0.3 is 0 Å². The summed E-state index contributed by atoms with van der Waals surface area (Å²) in [5.74, 6) is 2.44. The number of amides is 2. The molecule has 4 atom stereocenters. The molecule has 0 radical (unpaired) electrons. The van der Waals surface area contributed by atoms with Crippen LogP contribution in [0.25, 0.3) is 0 Å². The minimum absolute atomic E-state index is 0.0442. The molecule has 4 heteroatoms. The van der Waals surface area contributed by atoms with E-state index < -0.39 is 5.54 Å². The molecule has 2 bridgehead atoms. The molecule has 1 heterocycles. The maximum Gasteiger partial charge on any atom is 0.246 e. The van der Waals surface area contributed by atoms with E-state index in [9.17, 15) is 9.59 Å². The maximum absolute atomic E-state index is 12.7. The molecule has 3 fully saturated rings. The van der Waals surface area contributed by atoms with Crippen molar-refractivity contribution >= 4 is 11.8 Å². The number of hydrogen-bond donors (Lipinski definition) is 1. The predicted octanol–water partition coefficient (Wildman–Crippen LogP) is 2.33. The average molecular weight is 292 g/mol. The third-order valence-electron chi connectivity index (χ3n) is 6.39. The SMILES string of the molecule is CCC1(CC)C(=O)NC(C)C(=O)N1CC1CC2CCC1C2. The van der Waals surface area contributed by atoms with Gasteiger partial charge in [0.1, 0.15) is 11.6 Å². The molecule has 0 aromatic rings. The highest BCUT2D eigenvalue weighted by Gasteiger charge is 2.51. The summed E-state index contributed by atoms with van der Waals surface area (Å²) < 4.78 is 0. The van der Waals surface area contributed by atoms with Crippen LogP contribution < -0.4 is 5.32 Å². The Labute approximate surface area is 127 Å². The van der Waals surface area contributed by atoms with E-state index in [0.29, 0.717) is 18.8 Å². The molecule has 1 saturated heterocycles. The lowest BCUT2D eigenvalue weighted by Gasteiger charge is -2.48. The largest absolute Gasteiger partial charge is 0.343 e. The first-order valence-electron chi connectivity index (χ1n) is 8.64. The van der Waals surface area contributed by atoms with Crippen molar-refractivity contribution in [2.24, 2.45) is 17.8 Å². The van der Waals surface area contributed by atoms with Crippen LogP contribution in [0.3, 0.4) is 0 Å². The monoisotopic (exact) mass is 292 g/mol. The number of piperazine rings is 1. The fraction of sp³-hybridized carbons (Fsp3) is 0.882. The molecule has 2 amide bonds. The molecule has 4 nitrogen and oxygen atoms in total. The van der Waals surface area contributed by atoms with Gasteiger partial charge in [0.25, 0.3) is 0 Å². The summed E-state index contributed by atoms with van der Waals surface area (Å²) in [4.78, 5) is 27.2. The fourth-order valence-corrected chi connectivity index (χ4v) is 5.01. The van der Waals surface area contributed by atoms with Gasteiger partial charge in [0, 0.05) is 6.54 Å². The standard InChI is InChI=1S/C17H28N2O2/c1-4-17(5-2)16(21)18-11(3)15(20)19(17)10-14-9-12-6-7-13(14)8-12/h11-14H,4-10H2,1-3H3,(H,18,21). The van der Waals surface area contributed by atoms with Gasteiger partial charge in [-0.25, -0.2) is 0 Å². The van der Waals surface area contributed by atoms with E-state index in [1.165, 1.54) is 25.7 Å². The van der Waals surface area contributed by atoms with E-state index in [-0.39, 0.29) is 17.9 Å². The van der Waals surface area contributed by atoms with Crippen LogP contribution in [0.5, 0.6) is 0 Å². The quantitative estimate of drug-likeness (QED) is 0.864. The van der Waals surface area contributed by atoms with Crippen molar-refractivity contribution in [1.82, 2.24) is 10.2 Å². The van der Waals surface area contributed by atoms with E-state index in [2.05, 4.69) is 5.32 Å². The Kier molecular flexibility index (Phi) is 3.74. The van der Waals surface area contributed by atoms with Gasteiger partial charge in [-0.1, -0.05) is 20.3 Å². The Bertz CT molecular complexity index is 444. The van der Waals surface area contributed by atoms with Crippen LogP contribution in [0.15, 0.2) is 0 Å². The minimum atomic E-state index is -0.620. The van der Waals surface area contributed by atoms with Gasteiger partial charge in [-0.2, -0.15) is 0 Å². The number of nitrogens with one attached hydrogen (secondary N) is 1. The smallest absolute Gasteiger partial charge is 0.246 e. The van der Waals surface area contributed by atoms with Crippen LogP contribution in [0.1, 0.15) is 59.3 Å². The van der Waals surface area contributed by atoms with Crippen molar-refractivity contribution in [2.75, 3.05) is 6.54 Å². The highest BCUT2D eigenvalue weighted by atomic mass is 16.2. The Morgan fingerprint density at radius 1 is 1.19 bits per heavy atom. The summed E-state index contributed by atoms with van der Waals surface area (Å²) in [5, 5.41) is 2.88. The van der Waals surface area contributed by atoms with Crippen molar-refractivity contribution in [1.29, 1.82) is 0 Å². The number of fused-ring (bicyclic) bond motifs is 2. The van der Waals surface area contributed by atoms with Crippen LogP contribution in [0.4, 0.5) is 0 Å². The molecule has 0 aromatic heterocycles. The highest BCUT2D eigenvalue weighted by molar-refractivity contribution is 5.99. The molecule has 1 aliphatic heterocycles. The van der Waals surface area contributed by atoms with Crippen molar-refractivity contribution < 1.29 is 9.59 Å². The Balaban J connectivity index is 1.84. The first-order valence-corrected chi connectivity index (χ1v) is 8.64. The third-order valence-corrected chi connectivity index (χ3v) is 6.39.